The second-order valence-corrected chi connectivity index (χ2v) is 1.23. The van der Waals surface area contributed by atoms with Crippen LogP contribution in [0, 0.1) is 0 Å². The van der Waals surface area contributed by atoms with Crippen LogP contribution in [0.1, 0.15) is 13.8 Å². The molecule has 0 aliphatic rings. The molecule has 0 fully saturated rings. The van der Waals surface area contributed by atoms with E-state index in [4.69, 9.17) is 0 Å². The first-order chi connectivity index (χ1) is 3.94. The number of hydrogen-bond donors (Lipinski definition) is 0. The summed E-state index contributed by atoms with van der Waals surface area (Å²) < 4.78 is 42.9. The molecule has 0 N–H and O–H groups in total. The van der Waals surface area contributed by atoms with E-state index in [2.05, 4.69) is 11.6 Å². The predicted molar refractivity (Wildman–Crippen MR) is 28.2 cm³/mol. The van der Waals surface area contributed by atoms with Crippen molar-refractivity contribution in [3.8, 4) is 0 Å². The van der Waals surface area contributed by atoms with Crippen LogP contribution in [0.25, 0.3) is 0 Å². The SMILES string of the molecule is CC.FC(Cl)C(F)(F)F. The highest BCUT2D eigenvalue weighted by Gasteiger charge is 2.38. The minimum atomic E-state index is -4.90. The highest BCUT2D eigenvalue weighted by molar-refractivity contribution is 6.20. The van der Waals surface area contributed by atoms with E-state index < -0.39 is 11.8 Å². The van der Waals surface area contributed by atoms with Crippen LogP contribution < -0.4 is 0 Å². The summed E-state index contributed by atoms with van der Waals surface area (Å²) in [6, 6.07) is 0. The molecule has 1 unspecified atom stereocenters. The quantitative estimate of drug-likeness (QED) is 0.383. The maximum Gasteiger partial charge on any atom is 0.433 e. The van der Waals surface area contributed by atoms with Gasteiger partial charge in [-0.1, -0.05) is 25.4 Å². The van der Waals surface area contributed by atoms with E-state index in [1.54, 1.807) is 0 Å². The van der Waals surface area contributed by atoms with Gasteiger partial charge in [0.05, 0.1) is 0 Å². The zero-order valence-electron chi connectivity index (χ0n) is 4.97. The van der Waals surface area contributed by atoms with E-state index in [9.17, 15) is 17.6 Å². The Balaban J connectivity index is 0. The van der Waals surface area contributed by atoms with Crippen LogP contribution >= 0.6 is 11.6 Å². The van der Waals surface area contributed by atoms with E-state index in [-0.39, 0.29) is 0 Å². The van der Waals surface area contributed by atoms with Crippen molar-refractivity contribution < 1.29 is 17.6 Å². The smallest absolute Gasteiger partial charge is 0.220 e. The van der Waals surface area contributed by atoms with Crippen LogP contribution in [0.4, 0.5) is 17.6 Å². The van der Waals surface area contributed by atoms with Crippen molar-refractivity contribution in [1.29, 1.82) is 0 Å². The molecular formula is C4H7ClF4. The predicted octanol–water partition coefficient (Wildman–Crippen LogP) is 3.11. The highest BCUT2D eigenvalue weighted by atomic mass is 35.5. The van der Waals surface area contributed by atoms with E-state index in [0.29, 0.717) is 0 Å². The van der Waals surface area contributed by atoms with Gasteiger partial charge < -0.3 is 0 Å². The Hall–Kier alpha value is 0.01000. The summed E-state index contributed by atoms with van der Waals surface area (Å²) in [6.45, 7) is 4.00. The molecule has 1 atom stereocenters. The monoisotopic (exact) mass is 166 g/mol. The molecule has 0 rings (SSSR count). The van der Waals surface area contributed by atoms with Gasteiger partial charge in [0.1, 0.15) is 0 Å². The Morgan fingerprint density at radius 3 is 1.33 bits per heavy atom. The zero-order valence-corrected chi connectivity index (χ0v) is 5.72. The van der Waals surface area contributed by atoms with Crippen LogP contribution in [0.2, 0.25) is 0 Å². The van der Waals surface area contributed by atoms with Crippen molar-refractivity contribution in [3.63, 3.8) is 0 Å². The number of halogens is 5. The third-order valence-corrected chi connectivity index (χ3v) is 0.495. The van der Waals surface area contributed by atoms with Crippen LogP contribution in [0.5, 0.6) is 0 Å². The largest absolute Gasteiger partial charge is 0.433 e. The summed E-state index contributed by atoms with van der Waals surface area (Å²) in [6.07, 6.45) is -4.90. The van der Waals surface area contributed by atoms with Gasteiger partial charge in [0.2, 0.25) is 0 Å². The minimum absolute atomic E-state index is 2.00. The third kappa shape index (κ3) is 8.01. The molecule has 0 aliphatic heterocycles. The summed E-state index contributed by atoms with van der Waals surface area (Å²) in [5.41, 5.74) is -3.23. The van der Waals surface area contributed by atoms with Crippen LogP contribution in [0.3, 0.4) is 0 Å². The second-order valence-electron chi connectivity index (χ2n) is 0.842. The molecule has 0 bridgehead atoms. The van der Waals surface area contributed by atoms with Crippen molar-refractivity contribution in [1.82, 2.24) is 0 Å². The molecule has 0 aromatic carbocycles. The summed E-state index contributed by atoms with van der Waals surface area (Å²) in [4.78, 5) is 0. The maximum atomic E-state index is 10.8. The molecule has 0 nitrogen and oxygen atoms in total. The molecule has 0 radical (unpaired) electrons. The first kappa shape index (κ1) is 11.8. The highest BCUT2D eigenvalue weighted by Crippen LogP contribution is 2.24. The Labute approximate surface area is 55.8 Å². The van der Waals surface area contributed by atoms with Crippen molar-refractivity contribution in [3.05, 3.63) is 0 Å². The lowest BCUT2D eigenvalue weighted by Gasteiger charge is -2.01. The fourth-order valence-electron chi connectivity index (χ4n) is 0. The van der Waals surface area contributed by atoms with Gasteiger partial charge in [-0.25, -0.2) is 4.39 Å². The lowest BCUT2D eigenvalue weighted by atomic mass is 10.7. The fourth-order valence-corrected chi connectivity index (χ4v) is 0. The Morgan fingerprint density at radius 2 is 1.33 bits per heavy atom. The standard InChI is InChI=1S/C2HClF4.C2H6/c3-1(4)2(5,6)7;1-2/h1H;1-2H3. The molecule has 0 amide bonds. The third-order valence-electron chi connectivity index (χ3n) is 0.247. The molecular weight excluding hydrogens is 159 g/mol. The molecule has 0 saturated heterocycles. The van der Waals surface area contributed by atoms with Crippen molar-refractivity contribution in [2.24, 2.45) is 0 Å². The van der Waals surface area contributed by atoms with Crippen molar-refractivity contribution >= 4 is 11.6 Å². The lowest BCUT2D eigenvalue weighted by molar-refractivity contribution is -0.156. The first-order valence-corrected chi connectivity index (χ1v) is 2.73. The topological polar surface area (TPSA) is 0 Å². The van der Waals surface area contributed by atoms with Crippen molar-refractivity contribution in [2.75, 3.05) is 0 Å². The summed E-state index contributed by atoms with van der Waals surface area (Å²) in [5.74, 6) is 0. The first-order valence-electron chi connectivity index (χ1n) is 2.29. The lowest BCUT2D eigenvalue weighted by Crippen LogP contribution is -2.17. The van der Waals surface area contributed by atoms with Crippen LogP contribution in [-0.4, -0.2) is 11.8 Å². The number of rotatable bonds is 0. The molecule has 0 saturated carbocycles. The minimum Gasteiger partial charge on any atom is -0.220 e. The van der Waals surface area contributed by atoms with Gasteiger partial charge in [-0.15, -0.1) is 0 Å². The van der Waals surface area contributed by atoms with Gasteiger partial charge in [0.15, 0.2) is 0 Å². The molecule has 9 heavy (non-hydrogen) atoms. The molecule has 5 heteroatoms. The van der Waals surface area contributed by atoms with Gasteiger partial charge in [0.25, 0.3) is 5.63 Å². The van der Waals surface area contributed by atoms with E-state index in [1.165, 1.54) is 0 Å². The molecule has 58 valence electrons. The van der Waals surface area contributed by atoms with Crippen molar-refractivity contribution in [2.45, 2.75) is 25.7 Å². The number of alkyl halides is 5. The van der Waals surface area contributed by atoms with Gasteiger partial charge in [-0.05, 0) is 0 Å². The number of hydrogen-bond acceptors (Lipinski definition) is 0. The normalized spacial score (nSPS) is 13.7. The van der Waals surface area contributed by atoms with Crippen LogP contribution in [-0.2, 0) is 0 Å². The van der Waals surface area contributed by atoms with Gasteiger partial charge in [-0.2, -0.15) is 13.2 Å². The van der Waals surface area contributed by atoms with E-state index in [0.717, 1.165) is 0 Å². The maximum absolute atomic E-state index is 10.8. The van der Waals surface area contributed by atoms with Crippen LogP contribution in [0.15, 0.2) is 0 Å². The van der Waals surface area contributed by atoms with E-state index in [1.807, 2.05) is 13.8 Å². The summed E-state index contributed by atoms with van der Waals surface area (Å²) in [7, 11) is 0. The van der Waals surface area contributed by atoms with E-state index >= 15 is 0 Å². The summed E-state index contributed by atoms with van der Waals surface area (Å²) >= 11 is 3.96. The average molecular weight is 167 g/mol. The zero-order chi connectivity index (χ0) is 8.08. The molecule has 0 heterocycles. The molecule has 0 aromatic heterocycles. The Bertz CT molecular complexity index is 58.1. The van der Waals surface area contributed by atoms with Gasteiger partial charge >= 0.3 is 6.18 Å². The molecule has 0 spiro atoms. The molecule has 0 aromatic rings. The van der Waals surface area contributed by atoms with Gasteiger partial charge in [0, 0.05) is 0 Å². The Kier molecular flexibility index (Phi) is 6.34. The average Bonchev–Trinajstić information content (AvgIpc) is 1.69. The second kappa shape index (κ2) is 4.85. The molecule has 0 aliphatic carbocycles. The van der Waals surface area contributed by atoms with Gasteiger partial charge in [-0.3, -0.25) is 0 Å². The summed E-state index contributed by atoms with van der Waals surface area (Å²) in [5, 5.41) is 0. The fraction of sp³-hybridized carbons (Fsp3) is 1.00. The Morgan fingerprint density at radius 1 is 1.22 bits per heavy atom.